The maximum atomic E-state index is 12.7. The summed E-state index contributed by atoms with van der Waals surface area (Å²) in [5, 5.41) is 0.591. The first-order valence-corrected chi connectivity index (χ1v) is 7.04. The summed E-state index contributed by atoms with van der Waals surface area (Å²) < 4.78 is 1.74. The lowest BCUT2D eigenvalue weighted by Gasteiger charge is -2.13. The van der Waals surface area contributed by atoms with Crippen LogP contribution in [0, 0.1) is 6.92 Å². The van der Waals surface area contributed by atoms with Gasteiger partial charge >= 0.3 is 0 Å². The normalized spacial score (nSPS) is 10.8. The maximum Gasteiger partial charge on any atom is 0.237 e. The van der Waals surface area contributed by atoms with E-state index in [0.29, 0.717) is 10.9 Å². The summed E-state index contributed by atoms with van der Waals surface area (Å²) in [5.74, 6) is -0.439. The van der Waals surface area contributed by atoms with Crippen molar-refractivity contribution in [3.63, 3.8) is 0 Å². The van der Waals surface area contributed by atoms with Crippen LogP contribution in [-0.4, -0.2) is 10.5 Å². The molecule has 2 N–H and O–H groups in total. The summed E-state index contributed by atoms with van der Waals surface area (Å²) >= 11 is 0. The zero-order valence-corrected chi connectivity index (χ0v) is 12.2. The van der Waals surface area contributed by atoms with Crippen molar-refractivity contribution in [1.29, 1.82) is 0 Å². The second-order valence-corrected chi connectivity index (χ2v) is 5.35. The average Bonchev–Trinajstić information content (AvgIpc) is 2.50. The van der Waals surface area contributed by atoms with Crippen molar-refractivity contribution in [3.05, 3.63) is 70.5 Å². The van der Waals surface area contributed by atoms with Crippen molar-refractivity contribution >= 4 is 16.8 Å². The summed E-state index contributed by atoms with van der Waals surface area (Å²) in [7, 11) is 0. The Bertz CT molecular complexity index is 912. The summed E-state index contributed by atoms with van der Waals surface area (Å²) in [5.41, 5.74) is 8.45. The van der Waals surface area contributed by atoms with E-state index >= 15 is 0 Å². The third-order valence-corrected chi connectivity index (χ3v) is 3.65. The van der Waals surface area contributed by atoms with Gasteiger partial charge in [0.25, 0.3) is 0 Å². The fourth-order valence-corrected chi connectivity index (χ4v) is 2.62. The van der Waals surface area contributed by atoms with Gasteiger partial charge < -0.3 is 10.3 Å². The number of nitrogens with two attached hydrogens (primary N) is 1. The Kier molecular flexibility index (Phi) is 3.51. The molecule has 0 fully saturated rings. The van der Waals surface area contributed by atoms with Gasteiger partial charge in [0.1, 0.15) is 6.54 Å². The number of rotatable bonds is 3. The number of carbonyl (C=O) groups is 1. The summed E-state index contributed by atoms with van der Waals surface area (Å²) in [4.78, 5) is 24.1. The fourth-order valence-electron chi connectivity index (χ4n) is 2.62. The minimum absolute atomic E-state index is 0.0399. The van der Waals surface area contributed by atoms with Crippen molar-refractivity contribution in [3.8, 4) is 11.1 Å². The molecule has 2 aromatic carbocycles. The zero-order valence-electron chi connectivity index (χ0n) is 12.2. The highest BCUT2D eigenvalue weighted by molar-refractivity contribution is 5.86. The Morgan fingerprint density at radius 2 is 1.86 bits per heavy atom. The van der Waals surface area contributed by atoms with Crippen molar-refractivity contribution in [2.24, 2.45) is 5.73 Å². The lowest BCUT2D eigenvalue weighted by Crippen LogP contribution is -2.21. The first-order valence-electron chi connectivity index (χ1n) is 7.04. The molecule has 0 bridgehead atoms. The van der Waals surface area contributed by atoms with Gasteiger partial charge in [-0.05, 0) is 30.2 Å². The average molecular weight is 292 g/mol. The fraction of sp³-hybridized carbons (Fsp3) is 0.111. The van der Waals surface area contributed by atoms with Gasteiger partial charge in [0.05, 0.1) is 5.52 Å². The van der Waals surface area contributed by atoms with Crippen molar-refractivity contribution in [1.82, 2.24) is 4.57 Å². The third-order valence-electron chi connectivity index (χ3n) is 3.65. The molecule has 22 heavy (non-hydrogen) atoms. The first kappa shape index (κ1) is 14.1. The topological polar surface area (TPSA) is 65.1 Å². The first-order chi connectivity index (χ1) is 10.6. The van der Waals surface area contributed by atoms with E-state index in [1.54, 1.807) is 16.8 Å². The lowest BCUT2D eigenvalue weighted by atomic mass is 10.0. The van der Waals surface area contributed by atoms with Gasteiger partial charge in [-0.25, -0.2) is 0 Å². The smallest absolute Gasteiger partial charge is 0.237 e. The maximum absolute atomic E-state index is 12.7. The molecule has 4 nitrogen and oxygen atoms in total. The van der Waals surface area contributed by atoms with Crippen molar-refractivity contribution in [2.75, 3.05) is 0 Å². The van der Waals surface area contributed by atoms with Crippen molar-refractivity contribution < 1.29 is 4.79 Å². The number of pyridine rings is 1. The van der Waals surface area contributed by atoms with Gasteiger partial charge in [-0.1, -0.05) is 36.4 Å². The number of aryl methyl sites for hydroxylation is 1. The second-order valence-electron chi connectivity index (χ2n) is 5.35. The molecule has 3 rings (SSSR count). The Balaban J connectivity index is 2.36. The highest BCUT2D eigenvalue weighted by Crippen LogP contribution is 2.20. The van der Waals surface area contributed by atoms with E-state index in [1.165, 1.54) is 0 Å². The SMILES string of the molecule is Cc1ccc2c(=O)c(-c3ccccc3)cn(CC(N)=O)c2c1. The van der Waals surface area contributed by atoms with Crippen LogP contribution in [0.25, 0.3) is 22.0 Å². The van der Waals surface area contributed by atoms with Crippen LogP contribution in [0.15, 0.2) is 59.5 Å². The largest absolute Gasteiger partial charge is 0.368 e. The number of hydrogen-bond donors (Lipinski definition) is 1. The van der Waals surface area contributed by atoms with Crippen LogP contribution in [0.1, 0.15) is 5.56 Å². The lowest BCUT2D eigenvalue weighted by molar-refractivity contribution is -0.118. The van der Waals surface area contributed by atoms with E-state index in [2.05, 4.69) is 0 Å². The number of benzene rings is 2. The van der Waals surface area contributed by atoms with E-state index in [0.717, 1.165) is 16.6 Å². The predicted molar refractivity (Wildman–Crippen MR) is 87.6 cm³/mol. The number of carbonyl (C=O) groups excluding carboxylic acids is 1. The Hall–Kier alpha value is -2.88. The quantitative estimate of drug-likeness (QED) is 0.806. The number of primary amides is 1. The van der Waals surface area contributed by atoms with Crippen LogP contribution >= 0.6 is 0 Å². The molecule has 0 aliphatic heterocycles. The number of hydrogen-bond acceptors (Lipinski definition) is 2. The molecule has 1 amide bonds. The molecule has 110 valence electrons. The molecular weight excluding hydrogens is 276 g/mol. The highest BCUT2D eigenvalue weighted by atomic mass is 16.1. The zero-order chi connectivity index (χ0) is 15.7. The molecule has 1 aromatic heterocycles. The Morgan fingerprint density at radius 1 is 1.14 bits per heavy atom. The molecule has 3 aromatic rings. The Labute approximate surface area is 127 Å². The molecule has 0 atom stereocenters. The van der Waals surface area contributed by atoms with E-state index in [4.69, 9.17) is 5.73 Å². The van der Waals surface area contributed by atoms with Gasteiger partial charge in [0.15, 0.2) is 5.43 Å². The van der Waals surface area contributed by atoms with E-state index in [-0.39, 0.29) is 12.0 Å². The molecule has 0 aliphatic carbocycles. The molecule has 4 heteroatoms. The van der Waals surface area contributed by atoms with Gasteiger partial charge in [-0.15, -0.1) is 0 Å². The minimum Gasteiger partial charge on any atom is -0.368 e. The summed E-state index contributed by atoms with van der Waals surface area (Å²) in [6.45, 7) is 1.99. The van der Waals surface area contributed by atoms with Gasteiger partial charge in [0.2, 0.25) is 5.91 Å². The number of amides is 1. The Morgan fingerprint density at radius 3 is 2.55 bits per heavy atom. The highest BCUT2D eigenvalue weighted by Gasteiger charge is 2.12. The number of aromatic nitrogens is 1. The molecule has 0 aliphatic rings. The molecule has 0 saturated carbocycles. The van der Waals surface area contributed by atoms with Crippen LogP contribution < -0.4 is 11.2 Å². The molecule has 0 unspecified atom stereocenters. The van der Waals surface area contributed by atoms with Crippen LogP contribution in [0.5, 0.6) is 0 Å². The van der Waals surface area contributed by atoms with E-state index in [1.807, 2.05) is 49.4 Å². The standard InChI is InChI=1S/C18H16N2O2/c1-12-7-8-14-16(9-12)20(11-17(19)21)10-15(18(14)22)13-5-3-2-4-6-13/h2-10H,11H2,1H3,(H2,19,21). The summed E-state index contributed by atoms with van der Waals surface area (Å²) in [6, 6.07) is 15.0. The molecule has 1 heterocycles. The van der Waals surface area contributed by atoms with Gasteiger partial charge in [-0.3, -0.25) is 9.59 Å². The second kappa shape index (κ2) is 5.48. The summed E-state index contributed by atoms with van der Waals surface area (Å²) in [6.07, 6.45) is 1.71. The van der Waals surface area contributed by atoms with Crippen LogP contribution in [0.3, 0.4) is 0 Å². The van der Waals surface area contributed by atoms with Gasteiger partial charge in [-0.2, -0.15) is 0 Å². The van der Waals surface area contributed by atoms with Crippen LogP contribution in [0.2, 0.25) is 0 Å². The number of nitrogens with zero attached hydrogens (tertiary/aromatic N) is 1. The molecular formula is C18H16N2O2. The van der Waals surface area contributed by atoms with Gasteiger partial charge in [0, 0.05) is 17.1 Å². The molecule has 0 radical (unpaired) electrons. The van der Waals surface area contributed by atoms with Crippen molar-refractivity contribution in [2.45, 2.75) is 13.5 Å². The minimum atomic E-state index is -0.439. The van der Waals surface area contributed by atoms with Crippen LogP contribution in [0.4, 0.5) is 0 Å². The number of fused-ring (bicyclic) bond motifs is 1. The predicted octanol–water partition coefficient (Wildman–Crippen LogP) is 2.46. The molecule has 0 saturated heterocycles. The van der Waals surface area contributed by atoms with E-state index < -0.39 is 5.91 Å². The monoisotopic (exact) mass is 292 g/mol. The third kappa shape index (κ3) is 2.51. The molecule has 0 spiro atoms. The van der Waals surface area contributed by atoms with Crippen LogP contribution in [-0.2, 0) is 11.3 Å². The van der Waals surface area contributed by atoms with E-state index in [9.17, 15) is 9.59 Å².